The first-order valence-corrected chi connectivity index (χ1v) is 5.97. The van der Waals surface area contributed by atoms with Crippen LogP contribution in [-0.2, 0) is 9.53 Å². The van der Waals surface area contributed by atoms with Crippen molar-refractivity contribution in [3.05, 3.63) is 42.1 Å². The Bertz CT molecular complexity index is 549. The third kappa shape index (κ3) is 2.65. The van der Waals surface area contributed by atoms with Gasteiger partial charge >= 0.3 is 5.97 Å². The van der Waals surface area contributed by atoms with Gasteiger partial charge in [-0.1, -0.05) is 24.3 Å². The minimum absolute atomic E-state index is 0.170. The number of ether oxygens (including phenoxy) is 1. The van der Waals surface area contributed by atoms with Gasteiger partial charge in [0.2, 0.25) is 0 Å². The summed E-state index contributed by atoms with van der Waals surface area (Å²) in [6.07, 6.45) is 1.90. The molecule has 0 bridgehead atoms. The number of para-hydroxylation sites is 1. The first-order chi connectivity index (χ1) is 8.72. The summed E-state index contributed by atoms with van der Waals surface area (Å²) in [5, 5.41) is 1.02. The maximum atomic E-state index is 11.4. The summed E-state index contributed by atoms with van der Waals surface area (Å²) in [5.74, 6) is -0.280. The Labute approximate surface area is 106 Å². The summed E-state index contributed by atoms with van der Waals surface area (Å²) in [6, 6.07) is 9.26. The number of nitrogens with zero attached hydrogens (tertiary/aromatic N) is 1. The lowest BCUT2D eigenvalue weighted by Gasteiger charge is -2.13. The minimum Gasteiger partial charge on any atom is -0.466 e. The molecular weight excluding hydrogens is 228 g/mol. The standard InChI is InChI=1S/C14H16N2O2/c1-2-18-13(17)9-12(15)11-7-3-5-10-6-4-8-16-14(10)11/h3-8,12H,2,9,15H2,1H3/t12-/m0/s1. The lowest BCUT2D eigenvalue weighted by atomic mass is 10.0. The molecule has 0 unspecified atom stereocenters. The molecule has 2 N–H and O–H groups in total. The van der Waals surface area contributed by atoms with Crippen LogP contribution < -0.4 is 5.73 Å². The highest BCUT2D eigenvalue weighted by Gasteiger charge is 2.15. The van der Waals surface area contributed by atoms with Gasteiger partial charge in [0.1, 0.15) is 0 Å². The van der Waals surface area contributed by atoms with Crippen LogP contribution in [0.2, 0.25) is 0 Å². The highest BCUT2D eigenvalue weighted by molar-refractivity contribution is 5.82. The van der Waals surface area contributed by atoms with Crippen molar-refractivity contribution in [2.45, 2.75) is 19.4 Å². The Balaban J connectivity index is 2.27. The van der Waals surface area contributed by atoms with Gasteiger partial charge in [-0.15, -0.1) is 0 Å². The zero-order valence-corrected chi connectivity index (χ0v) is 10.3. The Hall–Kier alpha value is -1.94. The van der Waals surface area contributed by atoms with Crippen molar-refractivity contribution in [2.75, 3.05) is 6.61 Å². The molecule has 0 aliphatic carbocycles. The summed E-state index contributed by atoms with van der Waals surface area (Å²) >= 11 is 0. The smallest absolute Gasteiger partial charge is 0.307 e. The highest BCUT2D eigenvalue weighted by atomic mass is 16.5. The largest absolute Gasteiger partial charge is 0.466 e. The van der Waals surface area contributed by atoms with Crippen molar-refractivity contribution >= 4 is 16.9 Å². The average Bonchev–Trinajstić information content (AvgIpc) is 2.38. The molecule has 1 aromatic heterocycles. The topological polar surface area (TPSA) is 65.2 Å². The monoisotopic (exact) mass is 244 g/mol. The number of carbonyl (C=O) groups excluding carboxylic acids is 1. The first-order valence-electron chi connectivity index (χ1n) is 5.97. The number of rotatable bonds is 4. The molecule has 0 amide bonds. The molecule has 4 heteroatoms. The first kappa shape index (κ1) is 12.5. The molecule has 0 saturated heterocycles. The Morgan fingerprint density at radius 2 is 2.17 bits per heavy atom. The van der Waals surface area contributed by atoms with Gasteiger partial charge in [0.15, 0.2) is 0 Å². The van der Waals surface area contributed by atoms with Gasteiger partial charge in [-0.05, 0) is 18.6 Å². The normalized spacial score (nSPS) is 12.3. The minimum atomic E-state index is -0.386. The fourth-order valence-corrected chi connectivity index (χ4v) is 1.94. The number of carbonyl (C=O) groups is 1. The maximum Gasteiger partial charge on any atom is 0.307 e. The zero-order valence-electron chi connectivity index (χ0n) is 10.3. The van der Waals surface area contributed by atoms with Crippen LogP contribution in [0.5, 0.6) is 0 Å². The van der Waals surface area contributed by atoms with Crippen LogP contribution in [0, 0.1) is 0 Å². The molecule has 0 fully saturated rings. The SMILES string of the molecule is CCOC(=O)C[C@H](N)c1cccc2cccnc12. The molecular formula is C14H16N2O2. The van der Waals surface area contributed by atoms with Crippen molar-refractivity contribution in [1.29, 1.82) is 0 Å². The molecule has 1 heterocycles. The summed E-state index contributed by atoms with van der Waals surface area (Å²) in [6.45, 7) is 2.15. The third-order valence-electron chi connectivity index (χ3n) is 2.76. The number of nitrogens with two attached hydrogens (primary N) is 1. The molecule has 0 aliphatic heterocycles. The van der Waals surface area contributed by atoms with Crippen molar-refractivity contribution in [3.8, 4) is 0 Å². The second-order valence-corrected chi connectivity index (χ2v) is 4.04. The quantitative estimate of drug-likeness (QED) is 0.837. The molecule has 0 spiro atoms. The molecule has 1 atom stereocenters. The van der Waals surface area contributed by atoms with Gasteiger partial charge in [0.25, 0.3) is 0 Å². The van der Waals surface area contributed by atoms with E-state index >= 15 is 0 Å². The highest BCUT2D eigenvalue weighted by Crippen LogP contribution is 2.23. The third-order valence-corrected chi connectivity index (χ3v) is 2.76. The predicted octanol–water partition coefficient (Wildman–Crippen LogP) is 2.19. The number of aromatic nitrogens is 1. The van der Waals surface area contributed by atoms with Crippen LogP contribution in [0.3, 0.4) is 0 Å². The number of pyridine rings is 1. The summed E-state index contributed by atoms with van der Waals surface area (Å²) in [5.41, 5.74) is 7.77. The van der Waals surface area contributed by atoms with Gasteiger partial charge in [-0.2, -0.15) is 0 Å². The van der Waals surface area contributed by atoms with Crippen LogP contribution in [0.25, 0.3) is 10.9 Å². The van der Waals surface area contributed by atoms with Crippen molar-refractivity contribution < 1.29 is 9.53 Å². The van der Waals surface area contributed by atoms with Crippen molar-refractivity contribution in [3.63, 3.8) is 0 Å². The number of hydrogen-bond donors (Lipinski definition) is 1. The van der Waals surface area contributed by atoms with E-state index < -0.39 is 0 Å². The molecule has 2 aromatic rings. The van der Waals surface area contributed by atoms with E-state index in [2.05, 4.69) is 4.98 Å². The van der Waals surface area contributed by atoms with E-state index in [1.165, 1.54) is 0 Å². The lowest BCUT2D eigenvalue weighted by molar-refractivity contribution is -0.143. The van der Waals surface area contributed by atoms with E-state index in [4.69, 9.17) is 10.5 Å². The van der Waals surface area contributed by atoms with Crippen molar-refractivity contribution in [1.82, 2.24) is 4.98 Å². The van der Waals surface area contributed by atoms with Gasteiger partial charge in [-0.3, -0.25) is 9.78 Å². The van der Waals surface area contributed by atoms with Gasteiger partial charge < -0.3 is 10.5 Å². The Morgan fingerprint density at radius 3 is 2.94 bits per heavy atom. The fraction of sp³-hybridized carbons (Fsp3) is 0.286. The second kappa shape index (κ2) is 5.60. The maximum absolute atomic E-state index is 11.4. The summed E-state index contributed by atoms with van der Waals surface area (Å²) in [7, 11) is 0. The summed E-state index contributed by atoms with van der Waals surface area (Å²) < 4.78 is 4.91. The van der Waals surface area contributed by atoms with Gasteiger partial charge in [-0.25, -0.2) is 0 Å². The van der Waals surface area contributed by atoms with Crippen molar-refractivity contribution in [2.24, 2.45) is 5.73 Å². The average molecular weight is 244 g/mol. The van der Waals surface area contributed by atoms with E-state index in [0.29, 0.717) is 6.61 Å². The van der Waals surface area contributed by atoms with Gasteiger partial charge in [0.05, 0.1) is 18.5 Å². The van der Waals surface area contributed by atoms with E-state index in [0.717, 1.165) is 16.5 Å². The summed E-state index contributed by atoms with van der Waals surface area (Å²) in [4.78, 5) is 15.8. The molecule has 0 radical (unpaired) electrons. The fourth-order valence-electron chi connectivity index (χ4n) is 1.94. The molecule has 94 valence electrons. The Morgan fingerprint density at radius 1 is 1.39 bits per heavy atom. The molecule has 0 saturated carbocycles. The predicted molar refractivity (Wildman–Crippen MR) is 69.9 cm³/mol. The van der Waals surface area contributed by atoms with E-state index in [1.54, 1.807) is 13.1 Å². The number of esters is 1. The number of hydrogen-bond acceptors (Lipinski definition) is 4. The van der Waals surface area contributed by atoms with Crippen LogP contribution in [0.4, 0.5) is 0 Å². The van der Waals surface area contributed by atoms with E-state index in [-0.39, 0.29) is 18.4 Å². The lowest BCUT2D eigenvalue weighted by Crippen LogP contribution is -2.17. The van der Waals surface area contributed by atoms with Crippen LogP contribution in [-0.4, -0.2) is 17.6 Å². The molecule has 4 nitrogen and oxygen atoms in total. The molecule has 2 rings (SSSR count). The number of benzene rings is 1. The molecule has 1 aromatic carbocycles. The molecule has 18 heavy (non-hydrogen) atoms. The number of fused-ring (bicyclic) bond motifs is 1. The van der Waals surface area contributed by atoms with Crippen LogP contribution in [0.15, 0.2) is 36.5 Å². The van der Waals surface area contributed by atoms with Crippen LogP contribution >= 0.6 is 0 Å². The Kier molecular flexibility index (Phi) is 3.89. The van der Waals surface area contributed by atoms with E-state index in [9.17, 15) is 4.79 Å². The second-order valence-electron chi connectivity index (χ2n) is 4.04. The van der Waals surface area contributed by atoms with Gasteiger partial charge in [0, 0.05) is 17.6 Å². The van der Waals surface area contributed by atoms with Crippen LogP contribution in [0.1, 0.15) is 24.9 Å². The van der Waals surface area contributed by atoms with E-state index in [1.807, 2.05) is 30.3 Å². The zero-order chi connectivity index (χ0) is 13.0. The molecule has 0 aliphatic rings.